The summed E-state index contributed by atoms with van der Waals surface area (Å²) in [5, 5.41) is 3.01. The molecule has 0 radical (unpaired) electrons. The second kappa shape index (κ2) is 8.00. The Morgan fingerprint density at radius 1 is 1.44 bits per heavy atom. The van der Waals surface area contributed by atoms with Crippen LogP contribution in [0.3, 0.4) is 0 Å². The Morgan fingerprint density at radius 2 is 2.22 bits per heavy atom. The Balaban J connectivity index is 2.16. The molecule has 1 heterocycles. The van der Waals surface area contributed by atoms with Gasteiger partial charge in [0.05, 0.1) is 12.4 Å². The number of amides is 1. The van der Waals surface area contributed by atoms with Crippen LogP contribution < -0.4 is 5.32 Å². The van der Waals surface area contributed by atoms with E-state index in [1.165, 1.54) is 12.4 Å². The number of nitrogens with one attached hydrogen (secondary N) is 1. The Morgan fingerprint density at radius 3 is 2.83 bits per heavy atom. The lowest BCUT2D eigenvalue weighted by Gasteiger charge is -2.07. The maximum absolute atomic E-state index is 11.6. The highest BCUT2D eigenvalue weighted by molar-refractivity contribution is 6.29. The van der Waals surface area contributed by atoms with Gasteiger partial charge in [-0.3, -0.25) is 4.79 Å². The first-order valence-electron chi connectivity index (χ1n) is 5.93. The molecule has 1 rings (SSSR count). The molecule has 0 bridgehead atoms. The van der Waals surface area contributed by atoms with Gasteiger partial charge in [0.1, 0.15) is 10.8 Å². The smallest absolute Gasteiger partial charge is 0.271 e. The summed E-state index contributed by atoms with van der Waals surface area (Å²) in [5.41, 5.74) is 0.266. The molecular formula is C12H18ClN3O2. The van der Waals surface area contributed by atoms with Crippen molar-refractivity contribution in [3.05, 3.63) is 23.2 Å². The molecule has 18 heavy (non-hydrogen) atoms. The van der Waals surface area contributed by atoms with Gasteiger partial charge in [-0.15, -0.1) is 0 Å². The first-order chi connectivity index (χ1) is 8.59. The minimum Gasteiger partial charge on any atom is -0.381 e. The standard InChI is InChI=1S/C12H18ClN3O2/c1-9(2)8-18-5-3-4-14-12(17)10-6-16-11(13)7-15-10/h6-7,9H,3-5,8H2,1-2H3,(H,14,17). The number of nitrogens with zero attached hydrogens (tertiary/aromatic N) is 2. The molecule has 0 unspecified atom stereocenters. The van der Waals surface area contributed by atoms with Crippen molar-refractivity contribution in [2.45, 2.75) is 20.3 Å². The van der Waals surface area contributed by atoms with Crippen molar-refractivity contribution in [1.29, 1.82) is 0 Å². The number of ether oxygens (including phenoxy) is 1. The van der Waals surface area contributed by atoms with Crippen LogP contribution in [0.2, 0.25) is 5.15 Å². The monoisotopic (exact) mass is 271 g/mol. The Hall–Kier alpha value is -1.20. The third-order valence-corrected chi connectivity index (χ3v) is 2.25. The molecular weight excluding hydrogens is 254 g/mol. The van der Waals surface area contributed by atoms with Gasteiger partial charge in [-0.2, -0.15) is 0 Å². The molecule has 0 aliphatic rings. The van der Waals surface area contributed by atoms with E-state index < -0.39 is 0 Å². The molecule has 5 nitrogen and oxygen atoms in total. The van der Waals surface area contributed by atoms with E-state index >= 15 is 0 Å². The fourth-order valence-corrected chi connectivity index (χ4v) is 1.31. The van der Waals surface area contributed by atoms with Gasteiger partial charge >= 0.3 is 0 Å². The van der Waals surface area contributed by atoms with Crippen LogP contribution in [0.5, 0.6) is 0 Å². The average Bonchev–Trinajstić information content (AvgIpc) is 2.34. The molecule has 0 spiro atoms. The third-order valence-electron chi connectivity index (χ3n) is 2.06. The lowest BCUT2D eigenvalue weighted by molar-refractivity contribution is 0.0920. The number of hydrogen-bond donors (Lipinski definition) is 1. The van der Waals surface area contributed by atoms with Gasteiger partial charge in [0.2, 0.25) is 0 Å². The lowest BCUT2D eigenvalue weighted by Crippen LogP contribution is -2.26. The van der Waals surface area contributed by atoms with Gasteiger partial charge in [0, 0.05) is 19.8 Å². The highest BCUT2D eigenvalue weighted by atomic mass is 35.5. The van der Waals surface area contributed by atoms with E-state index in [0.29, 0.717) is 19.1 Å². The quantitative estimate of drug-likeness (QED) is 0.770. The maximum atomic E-state index is 11.6. The molecule has 6 heteroatoms. The topological polar surface area (TPSA) is 64.1 Å². The fourth-order valence-electron chi connectivity index (χ4n) is 1.22. The second-order valence-electron chi connectivity index (χ2n) is 4.30. The summed E-state index contributed by atoms with van der Waals surface area (Å²) in [6.45, 7) is 6.14. The lowest BCUT2D eigenvalue weighted by atomic mass is 10.2. The number of hydrogen-bond acceptors (Lipinski definition) is 4. The van der Waals surface area contributed by atoms with Gasteiger partial charge in [0.15, 0.2) is 0 Å². The Labute approximate surface area is 112 Å². The number of halogens is 1. The zero-order chi connectivity index (χ0) is 13.4. The minimum absolute atomic E-state index is 0.247. The number of aromatic nitrogens is 2. The summed E-state index contributed by atoms with van der Waals surface area (Å²) < 4.78 is 5.40. The van der Waals surface area contributed by atoms with E-state index in [9.17, 15) is 4.79 Å². The van der Waals surface area contributed by atoms with Crippen LogP contribution in [0, 0.1) is 5.92 Å². The van der Waals surface area contributed by atoms with E-state index in [-0.39, 0.29) is 16.8 Å². The summed E-state index contributed by atoms with van der Waals surface area (Å²) in [6, 6.07) is 0. The first-order valence-corrected chi connectivity index (χ1v) is 6.31. The first kappa shape index (κ1) is 14.9. The molecule has 0 aromatic carbocycles. The molecule has 1 aromatic rings. The Bertz CT molecular complexity index is 368. The molecule has 1 aromatic heterocycles. The highest BCUT2D eigenvalue weighted by Crippen LogP contribution is 2.01. The van der Waals surface area contributed by atoms with Crippen LogP contribution in [0.4, 0.5) is 0 Å². The van der Waals surface area contributed by atoms with Gasteiger partial charge < -0.3 is 10.1 Å². The van der Waals surface area contributed by atoms with E-state index in [4.69, 9.17) is 16.3 Å². The third kappa shape index (κ3) is 5.93. The minimum atomic E-state index is -0.247. The summed E-state index contributed by atoms with van der Waals surface area (Å²) >= 11 is 5.58. The molecule has 0 saturated carbocycles. The van der Waals surface area contributed by atoms with Crippen LogP contribution in [0.25, 0.3) is 0 Å². The van der Waals surface area contributed by atoms with E-state index in [1.807, 2.05) is 0 Å². The SMILES string of the molecule is CC(C)COCCCNC(=O)c1cnc(Cl)cn1. The summed E-state index contributed by atoms with van der Waals surface area (Å²) in [6.07, 6.45) is 3.48. The molecule has 1 amide bonds. The van der Waals surface area contributed by atoms with Crippen LogP contribution in [-0.4, -0.2) is 35.6 Å². The molecule has 0 aliphatic carbocycles. The fraction of sp³-hybridized carbons (Fsp3) is 0.583. The van der Waals surface area contributed by atoms with Crippen molar-refractivity contribution in [3.63, 3.8) is 0 Å². The van der Waals surface area contributed by atoms with Gasteiger partial charge in [-0.05, 0) is 12.3 Å². The van der Waals surface area contributed by atoms with Gasteiger partial charge in [0.25, 0.3) is 5.91 Å². The average molecular weight is 272 g/mol. The van der Waals surface area contributed by atoms with Crippen molar-refractivity contribution in [3.8, 4) is 0 Å². The summed E-state index contributed by atoms with van der Waals surface area (Å²) in [4.78, 5) is 19.3. The molecule has 0 fully saturated rings. The predicted octanol–water partition coefficient (Wildman–Crippen LogP) is 1.92. The highest BCUT2D eigenvalue weighted by Gasteiger charge is 2.06. The molecule has 0 atom stereocenters. The predicted molar refractivity (Wildman–Crippen MR) is 69.6 cm³/mol. The van der Waals surface area contributed by atoms with Crippen LogP contribution in [0.1, 0.15) is 30.8 Å². The van der Waals surface area contributed by atoms with E-state index in [2.05, 4.69) is 29.1 Å². The second-order valence-corrected chi connectivity index (χ2v) is 4.69. The van der Waals surface area contributed by atoms with Crippen LogP contribution >= 0.6 is 11.6 Å². The molecule has 0 saturated heterocycles. The molecule has 1 N–H and O–H groups in total. The van der Waals surface area contributed by atoms with Crippen LogP contribution in [-0.2, 0) is 4.74 Å². The molecule has 0 aliphatic heterocycles. The number of rotatable bonds is 7. The normalized spacial score (nSPS) is 10.7. The number of carbonyl (C=O) groups is 1. The van der Waals surface area contributed by atoms with Crippen molar-refractivity contribution in [1.82, 2.24) is 15.3 Å². The summed E-state index contributed by atoms with van der Waals surface area (Å²) in [5.74, 6) is 0.284. The zero-order valence-corrected chi connectivity index (χ0v) is 11.4. The summed E-state index contributed by atoms with van der Waals surface area (Å²) in [7, 11) is 0. The zero-order valence-electron chi connectivity index (χ0n) is 10.6. The molecule has 100 valence electrons. The van der Waals surface area contributed by atoms with Gasteiger partial charge in [-0.25, -0.2) is 9.97 Å². The van der Waals surface area contributed by atoms with Crippen molar-refractivity contribution < 1.29 is 9.53 Å². The maximum Gasteiger partial charge on any atom is 0.271 e. The van der Waals surface area contributed by atoms with E-state index in [1.54, 1.807) is 0 Å². The van der Waals surface area contributed by atoms with Crippen molar-refractivity contribution >= 4 is 17.5 Å². The van der Waals surface area contributed by atoms with Crippen molar-refractivity contribution in [2.24, 2.45) is 5.92 Å². The van der Waals surface area contributed by atoms with E-state index in [0.717, 1.165) is 13.0 Å². The van der Waals surface area contributed by atoms with Gasteiger partial charge in [-0.1, -0.05) is 25.4 Å². The largest absolute Gasteiger partial charge is 0.381 e. The Kier molecular flexibility index (Phi) is 6.60. The van der Waals surface area contributed by atoms with Crippen LogP contribution in [0.15, 0.2) is 12.4 Å². The number of carbonyl (C=O) groups excluding carboxylic acids is 1. The van der Waals surface area contributed by atoms with Crippen molar-refractivity contribution in [2.75, 3.05) is 19.8 Å².